The second-order valence-electron chi connectivity index (χ2n) is 3.37. The molecule has 0 saturated heterocycles. The van der Waals surface area contributed by atoms with Gasteiger partial charge in [0.25, 0.3) is 0 Å². The molecule has 1 aromatic rings. The van der Waals surface area contributed by atoms with E-state index in [2.05, 4.69) is 6.92 Å². The Balaban J connectivity index is 2.65. The molecule has 0 saturated carbocycles. The molecule has 1 aliphatic rings. The Kier molecular flexibility index (Phi) is 1.83. The van der Waals surface area contributed by atoms with Gasteiger partial charge in [-0.2, -0.15) is 0 Å². The van der Waals surface area contributed by atoms with E-state index < -0.39 is 0 Å². The van der Waals surface area contributed by atoms with E-state index >= 15 is 0 Å². The first-order valence-corrected chi connectivity index (χ1v) is 4.61. The lowest BCUT2D eigenvalue weighted by Gasteiger charge is -2.06. The number of carbonyl (C=O) groups excluding carboxylic acids is 1. The molecule has 0 heterocycles. The number of hydrogen-bond acceptors (Lipinski definition) is 2. The Hall–Kier alpha value is -1.31. The molecule has 0 bridgehead atoms. The molecule has 2 rings (SSSR count). The van der Waals surface area contributed by atoms with Crippen LogP contribution in [0.25, 0.3) is 0 Å². The molecule has 2 heteroatoms. The van der Waals surface area contributed by atoms with E-state index in [4.69, 9.17) is 0 Å². The SMILES string of the molecule is CCc1ccc(O)c2c1CCC2=O. The Morgan fingerprint density at radius 3 is 2.85 bits per heavy atom. The number of benzene rings is 1. The van der Waals surface area contributed by atoms with Gasteiger partial charge in [0.2, 0.25) is 0 Å². The lowest BCUT2D eigenvalue weighted by atomic mass is 10.0. The number of phenolic OH excluding ortho intramolecular Hbond substituents is 1. The van der Waals surface area contributed by atoms with E-state index in [9.17, 15) is 9.90 Å². The van der Waals surface area contributed by atoms with E-state index in [0.29, 0.717) is 12.0 Å². The summed E-state index contributed by atoms with van der Waals surface area (Å²) >= 11 is 0. The van der Waals surface area contributed by atoms with Crippen molar-refractivity contribution < 1.29 is 9.90 Å². The maximum Gasteiger partial charge on any atom is 0.167 e. The van der Waals surface area contributed by atoms with Gasteiger partial charge in [-0.15, -0.1) is 0 Å². The number of phenols is 1. The molecule has 1 N–H and O–H groups in total. The number of ketones is 1. The first-order valence-electron chi connectivity index (χ1n) is 4.61. The maximum absolute atomic E-state index is 11.4. The predicted octanol–water partition coefficient (Wildman–Crippen LogP) is 2.08. The Bertz CT molecular complexity index is 367. The zero-order valence-electron chi connectivity index (χ0n) is 7.63. The van der Waals surface area contributed by atoms with Gasteiger partial charge in [0.15, 0.2) is 5.78 Å². The predicted molar refractivity (Wildman–Crippen MR) is 50.1 cm³/mol. The summed E-state index contributed by atoms with van der Waals surface area (Å²) < 4.78 is 0. The summed E-state index contributed by atoms with van der Waals surface area (Å²) in [4.78, 5) is 11.4. The largest absolute Gasteiger partial charge is 0.507 e. The van der Waals surface area contributed by atoms with E-state index in [1.165, 1.54) is 5.56 Å². The topological polar surface area (TPSA) is 37.3 Å². The van der Waals surface area contributed by atoms with Gasteiger partial charge >= 0.3 is 0 Å². The molecule has 0 radical (unpaired) electrons. The van der Waals surface area contributed by atoms with E-state index in [0.717, 1.165) is 18.4 Å². The number of fused-ring (bicyclic) bond motifs is 1. The average Bonchev–Trinajstić information content (AvgIpc) is 2.50. The molecule has 0 unspecified atom stereocenters. The van der Waals surface area contributed by atoms with Gasteiger partial charge < -0.3 is 5.11 Å². The number of Topliss-reactive ketones (excluding diaryl/α,β-unsaturated/α-hetero) is 1. The number of aromatic hydroxyl groups is 1. The Morgan fingerprint density at radius 2 is 2.15 bits per heavy atom. The van der Waals surface area contributed by atoms with Crippen LogP contribution in [0.4, 0.5) is 0 Å². The molecule has 68 valence electrons. The fourth-order valence-corrected chi connectivity index (χ4v) is 1.97. The van der Waals surface area contributed by atoms with Crippen LogP contribution in [-0.4, -0.2) is 10.9 Å². The minimum absolute atomic E-state index is 0.0859. The number of aryl methyl sites for hydroxylation is 1. The minimum Gasteiger partial charge on any atom is -0.507 e. The smallest absolute Gasteiger partial charge is 0.167 e. The molecule has 1 aromatic carbocycles. The summed E-state index contributed by atoms with van der Waals surface area (Å²) in [7, 11) is 0. The number of hydrogen-bond donors (Lipinski definition) is 1. The monoisotopic (exact) mass is 176 g/mol. The van der Waals surface area contributed by atoms with E-state index in [-0.39, 0.29) is 11.5 Å². The summed E-state index contributed by atoms with van der Waals surface area (Å²) in [6.45, 7) is 2.06. The van der Waals surface area contributed by atoms with Gasteiger partial charge in [-0.3, -0.25) is 4.79 Å². The highest BCUT2D eigenvalue weighted by Crippen LogP contribution is 2.32. The zero-order chi connectivity index (χ0) is 9.42. The highest BCUT2D eigenvalue weighted by Gasteiger charge is 2.24. The first-order chi connectivity index (χ1) is 6.24. The van der Waals surface area contributed by atoms with Gasteiger partial charge in [-0.25, -0.2) is 0 Å². The van der Waals surface area contributed by atoms with Crippen LogP contribution in [-0.2, 0) is 12.8 Å². The normalized spacial score (nSPS) is 14.7. The van der Waals surface area contributed by atoms with Crippen LogP contribution in [0.15, 0.2) is 12.1 Å². The molecule has 0 fully saturated rings. The molecule has 0 aliphatic heterocycles. The van der Waals surface area contributed by atoms with Crippen molar-refractivity contribution in [2.75, 3.05) is 0 Å². The second kappa shape index (κ2) is 2.87. The van der Waals surface area contributed by atoms with Gasteiger partial charge in [-0.05, 0) is 30.0 Å². The van der Waals surface area contributed by atoms with Crippen molar-refractivity contribution in [1.82, 2.24) is 0 Å². The summed E-state index contributed by atoms with van der Waals surface area (Å²) in [5.41, 5.74) is 2.82. The molecule has 13 heavy (non-hydrogen) atoms. The van der Waals surface area contributed by atoms with Gasteiger partial charge in [0, 0.05) is 6.42 Å². The lowest BCUT2D eigenvalue weighted by Crippen LogP contribution is -1.95. The van der Waals surface area contributed by atoms with Gasteiger partial charge in [0.05, 0.1) is 5.56 Å². The van der Waals surface area contributed by atoms with Gasteiger partial charge in [0.1, 0.15) is 5.75 Å². The van der Waals surface area contributed by atoms with Crippen molar-refractivity contribution >= 4 is 5.78 Å². The van der Waals surface area contributed by atoms with Crippen LogP contribution in [0.2, 0.25) is 0 Å². The third-order valence-electron chi connectivity index (χ3n) is 2.65. The summed E-state index contributed by atoms with van der Waals surface area (Å²) in [5.74, 6) is 0.234. The highest BCUT2D eigenvalue weighted by molar-refractivity contribution is 6.03. The highest BCUT2D eigenvalue weighted by atomic mass is 16.3. The van der Waals surface area contributed by atoms with Gasteiger partial charge in [-0.1, -0.05) is 13.0 Å². The van der Waals surface area contributed by atoms with Crippen LogP contribution < -0.4 is 0 Å². The minimum atomic E-state index is 0.0859. The fraction of sp³-hybridized carbons (Fsp3) is 0.364. The molecule has 0 aromatic heterocycles. The van der Waals surface area contributed by atoms with Crippen LogP contribution >= 0.6 is 0 Å². The molecular formula is C11H12O2. The van der Waals surface area contributed by atoms with Crippen LogP contribution in [0.1, 0.15) is 34.8 Å². The first kappa shape index (κ1) is 8.30. The van der Waals surface area contributed by atoms with Crippen molar-refractivity contribution in [3.63, 3.8) is 0 Å². The maximum atomic E-state index is 11.4. The number of carbonyl (C=O) groups is 1. The third-order valence-corrected chi connectivity index (χ3v) is 2.65. The van der Waals surface area contributed by atoms with E-state index in [1.54, 1.807) is 6.07 Å². The molecule has 0 amide bonds. The molecular weight excluding hydrogens is 164 g/mol. The third kappa shape index (κ3) is 1.13. The van der Waals surface area contributed by atoms with Crippen molar-refractivity contribution in [1.29, 1.82) is 0 Å². The molecule has 1 aliphatic carbocycles. The number of rotatable bonds is 1. The Labute approximate surface area is 77.2 Å². The summed E-state index contributed by atoms with van der Waals surface area (Å²) in [5, 5.41) is 9.50. The summed E-state index contributed by atoms with van der Waals surface area (Å²) in [6.07, 6.45) is 2.28. The second-order valence-corrected chi connectivity index (χ2v) is 3.37. The van der Waals surface area contributed by atoms with Crippen molar-refractivity contribution in [2.45, 2.75) is 26.2 Å². The average molecular weight is 176 g/mol. The summed E-state index contributed by atoms with van der Waals surface area (Å²) in [6, 6.07) is 3.54. The fourth-order valence-electron chi connectivity index (χ4n) is 1.97. The van der Waals surface area contributed by atoms with Crippen LogP contribution in [0.5, 0.6) is 5.75 Å². The standard InChI is InChI=1S/C11H12O2/c1-2-7-3-5-9(12)11-8(7)4-6-10(11)13/h3,5,12H,2,4,6H2,1H3. The lowest BCUT2D eigenvalue weighted by molar-refractivity contribution is 0.0992. The Morgan fingerprint density at radius 1 is 1.38 bits per heavy atom. The molecule has 2 nitrogen and oxygen atoms in total. The van der Waals surface area contributed by atoms with E-state index in [1.807, 2.05) is 6.07 Å². The zero-order valence-corrected chi connectivity index (χ0v) is 7.63. The quantitative estimate of drug-likeness (QED) is 0.711. The van der Waals surface area contributed by atoms with Crippen LogP contribution in [0.3, 0.4) is 0 Å². The molecule has 0 spiro atoms. The van der Waals surface area contributed by atoms with Crippen molar-refractivity contribution in [2.24, 2.45) is 0 Å². The van der Waals surface area contributed by atoms with Crippen LogP contribution in [0, 0.1) is 0 Å². The molecule has 0 atom stereocenters. The van der Waals surface area contributed by atoms with Crippen molar-refractivity contribution in [3.8, 4) is 5.75 Å². The van der Waals surface area contributed by atoms with Crippen molar-refractivity contribution in [3.05, 3.63) is 28.8 Å².